The minimum Gasteiger partial charge on any atom is -0.345 e. The lowest BCUT2D eigenvalue weighted by molar-refractivity contribution is -0.145. The van der Waals surface area contributed by atoms with Crippen LogP contribution in [0.3, 0.4) is 0 Å². The molecule has 1 rings (SSSR count). The molecule has 0 aliphatic rings. The number of amides is 2. The number of benzene rings is 1. The van der Waals surface area contributed by atoms with E-state index >= 15 is 0 Å². The molecule has 122 valence electrons. The summed E-state index contributed by atoms with van der Waals surface area (Å²) in [6, 6.07) is 4.76. The van der Waals surface area contributed by atoms with E-state index in [2.05, 4.69) is 12.2 Å². The Bertz CT molecular complexity index is 539. The van der Waals surface area contributed by atoms with Gasteiger partial charge in [-0.1, -0.05) is 36.5 Å². The standard InChI is InChI=1S/C16H22Cl2N2O2/c1-5-6-7-20(4)15(22)16(2,3)14(21)19-13-9-11(17)8-12(18)10-13/h8-10H,5-7H2,1-4H3,(H,19,21). The molecule has 0 aromatic heterocycles. The minimum atomic E-state index is -1.17. The van der Waals surface area contributed by atoms with Gasteiger partial charge in [0, 0.05) is 29.3 Å². The molecule has 0 saturated heterocycles. The van der Waals surface area contributed by atoms with Gasteiger partial charge in [-0.05, 0) is 38.5 Å². The molecular formula is C16H22Cl2N2O2. The number of anilines is 1. The van der Waals surface area contributed by atoms with E-state index in [1.807, 2.05) is 0 Å². The van der Waals surface area contributed by atoms with Gasteiger partial charge in [-0.2, -0.15) is 0 Å². The summed E-state index contributed by atoms with van der Waals surface area (Å²) in [6.45, 7) is 5.91. The second kappa shape index (κ2) is 7.84. The van der Waals surface area contributed by atoms with E-state index in [-0.39, 0.29) is 11.8 Å². The molecule has 0 saturated carbocycles. The van der Waals surface area contributed by atoms with Gasteiger partial charge in [0.05, 0.1) is 0 Å². The Labute approximate surface area is 141 Å². The fourth-order valence-corrected chi connectivity index (χ4v) is 2.51. The van der Waals surface area contributed by atoms with Crippen LogP contribution in [0.15, 0.2) is 18.2 Å². The molecule has 6 heteroatoms. The van der Waals surface area contributed by atoms with Crippen LogP contribution in [-0.2, 0) is 9.59 Å². The van der Waals surface area contributed by atoms with E-state index < -0.39 is 5.41 Å². The van der Waals surface area contributed by atoms with Crippen molar-refractivity contribution in [2.75, 3.05) is 18.9 Å². The minimum absolute atomic E-state index is 0.216. The Morgan fingerprint density at radius 2 is 1.73 bits per heavy atom. The van der Waals surface area contributed by atoms with Crippen molar-refractivity contribution in [1.82, 2.24) is 4.90 Å². The quantitative estimate of drug-likeness (QED) is 0.785. The monoisotopic (exact) mass is 344 g/mol. The van der Waals surface area contributed by atoms with Crippen LogP contribution in [0, 0.1) is 5.41 Å². The normalized spacial score (nSPS) is 11.2. The molecule has 0 radical (unpaired) electrons. The van der Waals surface area contributed by atoms with Gasteiger partial charge >= 0.3 is 0 Å². The number of nitrogens with one attached hydrogen (secondary N) is 1. The summed E-state index contributed by atoms with van der Waals surface area (Å²) in [4.78, 5) is 26.5. The maximum Gasteiger partial charge on any atom is 0.239 e. The van der Waals surface area contributed by atoms with Gasteiger partial charge in [0.25, 0.3) is 0 Å². The second-order valence-corrected chi connectivity index (χ2v) is 6.69. The predicted molar refractivity (Wildman–Crippen MR) is 91.4 cm³/mol. The van der Waals surface area contributed by atoms with Crippen LogP contribution < -0.4 is 5.32 Å². The summed E-state index contributed by atoms with van der Waals surface area (Å²) in [6.07, 6.45) is 1.90. The summed E-state index contributed by atoms with van der Waals surface area (Å²) < 4.78 is 0. The third kappa shape index (κ3) is 4.89. The van der Waals surface area contributed by atoms with Crippen molar-refractivity contribution in [1.29, 1.82) is 0 Å². The molecule has 0 bridgehead atoms. The average Bonchev–Trinajstić information content (AvgIpc) is 2.42. The van der Waals surface area contributed by atoms with Crippen molar-refractivity contribution < 1.29 is 9.59 Å². The van der Waals surface area contributed by atoms with Crippen LogP contribution in [-0.4, -0.2) is 30.3 Å². The number of carbonyl (C=O) groups is 2. The summed E-state index contributed by atoms with van der Waals surface area (Å²) in [7, 11) is 1.71. The second-order valence-electron chi connectivity index (χ2n) is 5.82. The lowest BCUT2D eigenvalue weighted by Crippen LogP contribution is -2.46. The average molecular weight is 345 g/mol. The number of carbonyl (C=O) groups excluding carboxylic acids is 2. The highest BCUT2D eigenvalue weighted by molar-refractivity contribution is 6.35. The molecule has 4 nitrogen and oxygen atoms in total. The smallest absolute Gasteiger partial charge is 0.239 e. The van der Waals surface area contributed by atoms with Crippen LogP contribution in [0.4, 0.5) is 5.69 Å². The van der Waals surface area contributed by atoms with Crippen molar-refractivity contribution in [3.63, 3.8) is 0 Å². The number of hydrogen-bond donors (Lipinski definition) is 1. The molecule has 0 fully saturated rings. The Balaban J connectivity index is 2.83. The predicted octanol–water partition coefficient (Wildman–Crippen LogP) is 4.22. The molecule has 1 N–H and O–H groups in total. The van der Waals surface area contributed by atoms with E-state index in [9.17, 15) is 9.59 Å². The fraction of sp³-hybridized carbons (Fsp3) is 0.500. The van der Waals surface area contributed by atoms with Crippen LogP contribution in [0.5, 0.6) is 0 Å². The third-order valence-corrected chi connectivity index (χ3v) is 3.85. The number of unbranched alkanes of at least 4 members (excludes halogenated alkanes) is 1. The lowest BCUT2D eigenvalue weighted by Gasteiger charge is -2.28. The van der Waals surface area contributed by atoms with E-state index in [0.29, 0.717) is 22.3 Å². The first kappa shape index (κ1) is 18.8. The van der Waals surface area contributed by atoms with E-state index in [1.54, 1.807) is 44.0 Å². The molecule has 0 atom stereocenters. The number of hydrogen-bond acceptors (Lipinski definition) is 2. The van der Waals surface area contributed by atoms with Crippen molar-refractivity contribution in [3.05, 3.63) is 28.2 Å². The van der Waals surface area contributed by atoms with Crippen molar-refractivity contribution in [2.45, 2.75) is 33.6 Å². The maximum atomic E-state index is 12.4. The van der Waals surface area contributed by atoms with E-state index in [0.717, 1.165) is 12.8 Å². The fourth-order valence-electron chi connectivity index (χ4n) is 1.98. The Kier molecular flexibility index (Phi) is 6.69. The number of nitrogens with zero attached hydrogens (tertiary/aromatic N) is 1. The van der Waals surface area contributed by atoms with Gasteiger partial charge in [0.15, 0.2) is 0 Å². The van der Waals surface area contributed by atoms with Crippen LogP contribution in [0.2, 0.25) is 10.0 Å². The first-order valence-corrected chi connectivity index (χ1v) is 7.97. The largest absolute Gasteiger partial charge is 0.345 e. The number of halogens is 2. The molecule has 22 heavy (non-hydrogen) atoms. The summed E-state index contributed by atoms with van der Waals surface area (Å²) in [5, 5.41) is 3.55. The molecule has 2 amide bonds. The summed E-state index contributed by atoms with van der Waals surface area (Å²) >= 11 is 11.8. The van der Waals surface area contributed by atoms with Gasteiger partial charge in [-0.15, -0.1) is 0 Å². The highest BCUT2D eigenvalue weighted by Gasteiger charge is 2.38. The molecule has 1 aromatic rings. The third-order valence-electron chi connectivity index (χ3n) is 3.42. The summed E-state index contributed by atoms with van der Waals surface area (Å²) in [5.41, 5.74) is -0.698. The van der Waals surface area contributed by atoms with Crippen LogP contribution in [0.1, 0.15) is 33.6 Å². The molecule has 1 aromatic carbocycles. The highest BCUT2D eigenvalue weighted by atomic mass is 35.5. The zero-order chi connectivity index (χ0) is 16.9. The molecular weight excluding hydrogens is 323 g/mol. The van der Waals surface area contributed by atoms with Gasteiger partial charge in [-0.3, -0.25) is 9.59 Å². The van der Waals surface area contributed by atoms with Gasteiger partial charge in [-0.25, -0.2) is 0 Å². The highest BCUT2D eigenvalue weighted by Crippen LogP contribution is 2.26. The van der Waals surface area contributed by atoms with Crippen molar-refractivity contribution in [3.8, 4) is 0 Å². The van der Waals surface area contributed by atoms with Gasteiger partial charge in [0.1, 0.15) is 5.41 Å². The molecule has 0 heterocycles. The van der Waals surface area contributed by atoms with Crippen molar-refractivity contribution in [2.24, 2.45) is 5.41 Å². The Morgan fingerprint density at radius 1 is 1.18 bits per heavy atom. The Hall–Kier alpha value is -1.26. The lowest BCUT2D eigenvalue weighted by atomic mass is 9.90. The van der Waals surface area contributed by atoms with Gasteiger partial charge in [0.2, 0.25) is 11.8 Å². The Morgan fingerprint density at radius 3 is 2.23 bits per heavy atom. The molecule has 0 aliphatic carbocycles. The molecule has 0 aliphatic heterocycles. The first-order chi connectivity index (χ1) is 10.2. The van der Waals surface area contributed by atoms with E-state index in [4.69, 9.17) is 23.2 Å². The maximum absolute atomic E-state index is 12.4. The SMILES string of the molecule is CCCCN(C)C(=O)C(C)(C)C(=O)Nc1cc(Cl)cc(Cl)c1. The number of rotatable bonds is 6. The zero-order valence-electron chi connectivity index (χ0n) is 13.4. The summed E-state index contributed by atoms with van der Waals surface area (Å²) in [5.74, 6) is -0.606. The van der Waals surface area contributed by atoms with Crippen LogP contribution in [0.25, 0.3) is 0 Å². The van der Waals surface area contributed by atoms with Crippen molar-refractivity contribution >= 4 is 40.7 Å². The van der Waals surface area contributed by atoms with Crippen LogP contribution >= 0.6 is 23.2 Å². The molecule has 0 spiro atoms. The topological polar surface area (TPSA) is 49.4 Å². The molecule has 0 unspecified atom stereocenters. The first-order valence-electron chi connectivity index (χ1n) is 7.21. The van der Waals surface area contributed by atoms with Gasteiger partial charge < -0.3 is 10.2 Å². The van der Waals surface area contributed by atoms with E-state index in [1.165, 1.54) is 0 Å². The zero-order valence-corrected chi connectivity index (χ0v) is 14.9.